The van der Waals surface area contributed by atoms with Crippen LogP contribution in [0.25, 0.3) is 0 Å². The van der Waals surface area contributed by atoms with Gasteiger partial charge in [-0.25, -0.2) is 4.79 Å². The van der Waals surface area contributed by atoms with Crippen molar-refractivity contribution < 1.29 is 19.1 Å². The number of esters is 1. The van der Waals surface area contributed by atoms with E-state index in [0.717, 1.165) is 11.1 Å². The van der Waals surface area contributed by atoms with Gasteiger partial charge >= 0.3 is 5.97 Å². The predicted molar refractivity (Wildman–Crippen MR) is 68.2 cm³/mol. The molecule has 2 N–H and O–H groups in total. The van der Waals surface area contributed by atoms with Gasteiger partial charge in [-0.1, -0.05) is 17.7 Å². The van der Waals surface area contributed by atoms with Crippen molar-refractivity contribution >= 4 is 17.8 Å². The third-order valence-electron chi connectivity index (χ3n) is 2.33. The molecule has 0 unspecified atom stereocenters. The Morgan fingerprint density at radius 1 is 1.16 bits per heavy atom. The Morgan fingerprint density at radius 2 is 1.84 bits per heavy atom. The molecule has 0 radical (unpaired) electrons. The Labute approximate surface area is 111 Å². The Hall–Kier alpha value is -2.37. The number of nitrogens with one attached hydrogen (secondary N) is 2. The third kappa shape index (κ3) is 4.79. The molecule has 0 aliphatic rings. The summed E-state index contributed by atoms with van der Waals surface area (Å²) in [5, 5.41) is 0. The van der Waals surface area contributed by atoms with Crippen molar-refractivity contribution in [2.75, 3.05) is 6.61 Å². The zero-order valence-corrected chi connectivity index (χ0v) is 11.1. The molecule has 6 nitrogen and oxygen atoms in total. The van der Waals surface area contributed by atoms with Gasteiger partial charge in [0, 0.05) is 6.92 Å². The topological polar surface area (TPSA) is 84.5 Å². The molecule has 2 amide bonds. The molecule has 0 aliphatic heterocycles. The minimum absolute atomic E-state index is 0.408. The highest BCUT2D eigenvalue weighted by Gasteiger charge is 2.12. The molecule has 0 aromatic heterocycles. The van der Waals surface area contributed by atoms with Crippen LogP contribution in [-0.2, 0) is 14.3 Å². The monoisotopic (exact) mass is 264 g/mol. The molecule has 0 aliphatic carbocycles. The molecule has 19 heavy (non-hydrogen) atoms. The number of ether oxygens (including phenoxy) is 1. The number of rotatable bonds is 3. The first-order chi connectivity index (χ1) is 8.90. The summed E-state index contributed by atoms with van der Waals surface area (Å²) in [6.45, 7) is 4.45. The number of amides is 2. The van der Waals surface area contributed by atoms with E-state index in [2.05, 4.69) is 10.9 Å². The van der Waals surface area contributed by atoms with E-state index in [-0.39, 0.29) is 0 Å². The first kappa shape index (κ1) is 14.7. The fourth-order valence-electron chi connectivity index (χ4n) is 1.36. The molecule has 0 spiro atoms. The van der Waals surface area contributed by atoms with Gasteiger partial charge < -0.3 is 4.74 Å². The minimum Gasteiger partial charge on any atom is -0.452 e. The van der Waals surface area contributed by atoms with Gasteiger partial charge in [0.15, 0.2) is 6.61 Å². The first-order valence-corrected chi connectivity index (χ1v) is 5.70. The largest absolute Gasteiger partial charge is 0.452 e. The summed E-state index contributed by atoms with van der Waals surface area (Å²) in [6.07, 6.45) is 0. The minimum atomic E-state index is -0.603. The van der Waals surface area contributed by atoms with E-state index in [9.17, 15) is 14.4 Å². The molecule has 0 saturated carbocycles. The first-order valence-electron chi connectivity index (χ1n) is 5.70. The van der Waals surface area contributed by atoms with Crippen LogP contribution in [0.1, 0.15) is 28.4 Å². The lowest BCUT2D eigenvalue weighted by molar-refractivity contribution is -0.129. The molecule has 1 aromatic carbocycles. The highest BCUT2D eigenvalue weighted by Crippen LogP contribution is 2.11. The summed E-state index contributed by atoms with van der Waals surface area (Å²) in [5.41, 5.74) is 6.33. The van der Waals surface area contributed by atoms with Crippen LogP contribution in [-0.4, -0.2) is 24.4 Å². The summed E-state index contributed by atoms with van der Waals surface area (Å²) in [5.74, 6) is -1.58. The Bertz CT molecular complexity index is 511. The van der Waals surface area contributed by atoms with Crippen LogP contribution in [0.4, 0.5) is 0 Å². The summed E-state index contributed by atoms with van der Waals surface area (Å²) >= 11 is 0. The number of carbonyl (C=O) groups excluding carboxylic acids is 3. The fourth-order valence-corrected chi connectivity index (χ4v) is 1.36. The van der Waals surface area contributed by atoms with Gasteiger partial charge in [0.25, 0.3) is 5.91 Å². The lowest BCUT2D eigenvalue weighted by Gasteiger charge is -2.08. The van der Waals surface area contributed by atoms with Crippen LogP contribution in [0.3, 0.4) is 0 Å². The van der Waals surface area contributed by atoms with Gasteiger partial charge in [0.05, 0.1) is 5.56 Å². The summed E-state index contributed by atoms with van der Waals surface area (Å²) in [7, 11) is 0. The van der Waals surface area contributed by atoms with E-state index < -0.39 is 24.4 Å². The van der Waals surface area contributed by atoms with Crippen molar-refractivity contribution in [3.8, 4) is 0 Å². The molecule has 1 rings (SSSR count). The highest BCUT2D eigenvalue weighted by molar-refractivity contribution is 5.93. The molecule has 6 heteroatoms. The van der Waals surface area contributed by atoms with Crippen LogP contribution in [0.2, 0.25) is 0 Å². The second-order valence-electron chi connectivity index (χ2n) is 4.12. The second kappa shape index (κ2) is 6.53. The van der Waals surface area contributed by atoms with Gasteiger partial charge in [0.1, 0.15) is 0 Å². The zero-order chi connectivity index (χ0) is 14.4. The number of carbonyl (C=O) groups is 3. The SMILES string of the molecule is CC(=O)NNC(=O)COC(=O)c1cc(C)ccc1C. The van der Waals surface area contributed by atoms with Gasteiger partial charge in [-0.3, -0.25) is 20.4 Å². The lowest BCUT2D eigenvalue weighted by atomic mass is 10.1. The normalized spacial score (nSPS) is 9.63. The van der Waals surface area contributed by atoms with Crippen molar-refractivity contribution in [2.45, 2.75) is 20.8 Å². The van der Waals surface area contributed by atoms with E-state index in [0.29, 0.717) is 5.56 Å². The molecule has 0 heterocycles. The smallest absolute Gasteiger partial charge is 0.338 e. The second-order valence-corrected chi connectivity index (χ2v) is 4.12. The van der Waals surface area contributed by atoms with E-state index in [1.54, 1.807) is 13.0 Å². The van der Waals surface area contributed by atoms with Gasteiger partial charge in [-0.05, 0) is 25.5 Å². The lowest BCUT2D eigenvalue weighted by Crippen LogP contribution is -2.42. The van der Waals surface area contributed by atoms with Crippen LogP contribution in [0.15, 0.2) is 18.2 Å². The summed E-state index contributed by atoms with van der Waals surface area (Å²) in [6, 6.07) is 5.39. The molecular weight excluding hydrogens is 248 g/mol. The maximum Gasteiger partial charge on any atom is 0.338 e. The zero-order valence-electron chi connectivity index (χ0n) is 11.1. The van der Waals surface area contributed by atoms with Crippen LogP contribution in [0, 0.1) is 13.8 Å². The third-order valence-corrected chi connectivity index (χ3v) is 2.33. The molecule has 102 valence electrons. The predicted octanol–water partition coefficient (Wildman–Crippen LogP) is 0.628. The molecule has 0 fully saturated rings. The van der Waals surface area contributed by atoms with Crippen molar-refractivity contribution in [3.05, 3.63) is 34.9 Å². The molecule has 0 saturated heterocycles. The Morgan fingerprint density at radius 3 is 2.47 bits per heavy atom. The number of benzene rings is 1. The van der Waals surface area contributed by atoms with E-state index in [4.69, 9.17) is 4.74 Å². The Balaban J connectivity index is 2.53. The number of aryl methyl sites for hydroxylation is 2. The van der Waals surface area contributed by atoms with Crippen molar-refractivity contribution in [2.24, 2.45) is 0 Å². The number of hydrazine groups is 1. The van der Waals surface area contributed by atoms with Gasteiger partial charge in [-0.15, -0.1) is 0 Å². The van der Waals surface area contributed by atoms with Crippen LogP contribution < -0.4 is 10.9 Å². The molecule has 0 atom stereocenters. The van der Waals surface area contributed by atoms with E-state index in [1.807, 2.05) is 19.1 Å². The van der Waals surface area contributed by atoms with Crippen molar-refractivity contribution in [3.63, 3.8) is 0 Å². The number of hydrogen-bond acceptors (Lipinski definition) is 4. The van der Waals surface area contributed by atoms with Crippen LogP contribution in [0.5, 0.6) is 0 Å². The van der Waals surface area contributed by atoms with Crippen molar-refractivity contribution in [1.29, 1.82) is 0 Å². The van der Waals surface area contributed by atoms with Gasteiger partial charge in [0.2, 0.25) is 5.91 Å². The highest BCUT2D eigenvalue weighted by atomic mass is 16.5. The summed E-state index contributed by atoms with van der Waals surface area (Å²) in [4.78, 5) is 33.6. The van der Waals surface area contributed by atoms with E-state index >= 15 is 0 Å². The molecule has 1 aromatic rings. The molecular formula is C13H16N2O4. The standard InChI is InChI=1S/C13H16N2O4/c1-8-4-5-9(2)11(6-8)13(18)19-7-12(17)15-14-10(3)16/h4-6H,7H2,1-3H3,(H,14,16)(H,15,17). The average Bonchev–Trinajstić information content (AvgIpc) is 2.36. The number of hydrogen-bond donors (Lipinski definition) is 2. The quantitative estimate of drug-likeness (QED) is 0.619. The molecule has 0 bridgehead atoms. The fraction of sp³-hybridized carbons (Fsp3) is 0.308. The van der Waals surface area contributed by atoms with Crippen molar-refractivity contribution in [1.82, 2.24) is 10.9 Å². The summed E-state index contributed by atoms with van der Waals surface area (Å²) < 4.78 is 4.86. The van der Waals surface area contributed by atoms with E-state index in [1.165, 1.54) is 6.92 Å². The Kier molecular flexibility index (Phi) is 5.05. The van der Waals surface area contributed by atoms with Gasteiger partial charge in [-0.2, -0.15) is 0 Å². The average molecular weight is 264 g/mol. The maximum absolute atomic E-state index is 11.8. The van der Waals surface area contributed by atoms with Crippen LogP contribution >= 0.6 is 0 Å². The maximum atomic E-state index is 11.8.